The number of nitrogens with two attached hydrogens (primary N) is 1. The van der Waals surface area contributed by atoms with Gasteiger partial charge in [0, 0.05) is 36.9 Å². The van der Waals surface area contributed by atoms with Gasteiger partial charge in [0.05, 0.1) is 12.4 Å². The van der Waals surface area contributed by atoms with Crippen LogP contribution in [0.4, 0.5) is 0 Å². The van der Waals surface area contributed by atoms with Crippen LogP contribution in [0.25, 0.3) is 0 Å². The number of imidazole rings is 1. The van der Waals surface area contributed by atoms with E-state index in [2.05, 4.69) is 38.5 Å². The fourth-order valence-electron chi connectivity index (χ4n) is 3.30. The maximum absolute atomic E-state index is 13.1. The van der Waals surface area contributed by atoms with Crippen LogP contribution in [0.3, 0.4) is 0 Å². The predicted octanol–water partition coefficient (Wildman–Crippen LogP) is -1.14. The molecule has 0 radical (unpaired) electrons. The van der Waals surface area contributed by atoms with Gasteiger partial charge in [0.15, 0.2) is 0 Å². The van der Waals surface area contributed by atoms with Crippen LogP contribution in [0.5, 0.6) is 0 Å². The van der Waals surface area contributed by atoms with Crippen molar-refractivity contribution in [1.29, 1.82) is 0 Å². The van der Waals surface area contributed by atoms with Crippen molar-refractivity contribution >= 4 is 42.3 Å². The molecule has 0 fully saturated rings. The van der Waals surface area contributed by atoms with Gasteiger partial charge in [-0.15, -0.1) is 0 Å². The zero-order valence-electron chi connectivity index (χ0n) is 19.8. The topological polar surface area (TPSA) is 217 Å². The molecule has 8 N–H and O–H groups in total. The number of hydrogen-bond donors (Lipinski definition) is 8. The van der Waals surface area contributed by atoms with Crippen LogP contribution in [0.2, 0.25) is 0 Å². The van der Waals surface area contributed by atoms with Gasteiger partial charge in [-0.3, -0.25) is 19.2 Å². The quantitative estimate of drug-likeness (QED) is 0.129. The Morgan fingerprint density at radius 2 is 1.54 bits per heavy atom. The Balaban J connectivity index is 2.11. The fraction of sp³-hybridized carbons (Fsp3) is 0.391. The summed E-state index contributed by atoms with van der Waals surface area (Å²) in [5, 5.41) is 25.8. The number of carbonyl (C=O) groups excluding carboxylic acids is 3. The summed E-state index contributed by atoms with van der Waals surface area (Å²) in [6, 6.07) is 3.90. The van der Waals surface area contributed by atoms with Gasteiger partial charge in [-0.1, -0.05) is 30.3 Å². The molecule has 13 nitrogen and oxygen atoms in total. The molecule has 14 heteroatoms. The van der Waals surface area contributed by atoms with E-state index in [0.29, 0.717) is 11.3 Å². The van der Waals surface area contributed by atoms with E-state index in [4.69, 9.17) is 10.8 Å². The Bertz CT molecular complexity index is 1070. The summed E-state index contributed by atoms with van der Waals surface area (Å²) < 4.78 is 0. The van der Waals surface area contributed by atoms with Crippen molar-refractivity contribution in [2.24, 2.45) is 5.73 Å². The predicted molar refractivity (Wildman–Crippen MR) is 135 cm³/mol. The van der Waals surface area contributed by atoms with Crippen molar-refractivity contribution in [3.63, 3.8) is 0 Å². The summed E-state index contributed by atoms with van der Waals surface area (Å²) in [5.74, 6) is -4.78. The lowest BCUT2D eigenvalue weighted by molar-refractivity contribution is -0.142. The van der Waals surface area contributed by atoms with E-state index in [9.17, 15) is 29.1 Å². The van der Waals surface area contributed by atoms with E-state index in [1.54, 1.807) is 30.3 Å². The first kappa shape index (κ1) is 29.3. The lowest BCUT2D eigenvalue weighted by atomic mass is 10.0. The number of aliphatic carboxylic acids is 2. The molecule has 1 heterocycles. The fourth-order valence-corrected chi connectivity index (χ4v) is 3.56. The third-order valence-electron chi connectivity index (χ3n) is 5.33. The number of H-pyrrole nitrogens is 1. The number of carboxylic acids is 2. The molecule has 0 saturated carbocycles. The molecular weight excluding hydrogens is 504 g/mol. The van der Waals surface area contributed by atoms with Gasteiger partial charge < -0.3 is 36.9 Å². The molecule has 0 spiro atoms. The van der Waals surface area contributed by atoms with E-state index in [1.165, 1.54) is 12.5 Å². The number of rotatable bonds is 15. The number of carboxylic acid groups (broad SMARTS) is 2. The minimum Gasteiger partial charge on any atom is -0.481 e. The summed E-state index contributed by atoms with van der Waals surface area (Å²) in [7, 11) is 0. The van der Waals surface area contributed by atoms with Crippen molar-refractivity contribution in [2.75, 3.05) is 5.75 Å². The van der Waals surface area contributed by atoms with Gasteiger partial charge in [-0.2, -0.15) is 12.6 Å². The zero-order chi connectivity index (χ0) is 27.4. The van der Waals surface area contributed by atoms with Crippen molar-refractivity contribution in [2.45, 2.75) is 49.9 Å². The van der Waals surface area contributed by atoms with Gasteiger partial charge in [0.25, 0.3) is 0 Å². The molecular formula is C23H30N6O7S. The molecule has 2 aromatic rings. The standard InChI is InChI=1S/C23H30N6O7S/c24-15(6-7-19(30)31)20(32)29-18(11-37)22(34)27-16(9-14-10-25-12-26-14)21(33)28-17(23(35)36)8-13-4-2-1-3-5-13/h1-5,10,12,15-18,37H,6-9,11,24H2,(H,25,26)(H,27,34)(H,28,33)(H,29,32)(H,30,31)(H,35,36). The lowest BCUT2D eigenvalue weighted by Crippen LogP contribution is -2.58. The van der Waals surface area contributed by atoms with Crippen LogP contribution >= 0.6 is 12.6 Å². The normalized spacial score (nSPS) is 14.0. The second-order valence-electron chi connectivity index (χ2n) is 8.21. The van der Waals surface area contributed by atoms with E-state index in [0.717, 1.165) is 0 Å². The highest BCUT2D eigenvalue weighted by Crippen LogP contribution is 2.06. The Morgan fingerprint density at radius 3 is 2.11 bits per heavy atom. The van der Waals surface area contributed by atoms with Crippen LogP contribution in [0, 0.1) is 0 Å². The average Bonchev–Trinajstić information content (AvgIpc) is 3.38. The number of nitrogens with zero attached hydrogens (tertiary/aromatic N) is 1. The molecule has 1 aromatic heterocycles. The summed E-state index contributed by atoms with van der Waals surface area (Å²) in [6.45, 7) is 0. The van der Waals surface area contributed by atoms with E-state index < -0.39 is 53.8 Å². The molecule has 0 aliphatic rings. The van der Waals surface area contributed by atoms with Crippen LogP contribution in [0.1, 0.15) is 24.1 Å². The average molecular weight is 535 g/mol. The lowest BCUT2D eigenvalue weighted by Gasteiger charge is -2.24. The Kier molecular flexibility index (Phi) is 11.6. The molecule has 37 heavy (non-hydrogen) atoms. The maximum atomic E-state index is 13.1. The first-order chi connectivity index (χ1) is 17.6. The number of aromatic amines is 1. The van der Waals surface area contributed by atoms with Crippen molar-refractivity contribution < 1.29 is 34.2 Å². The van der Waals surface area contributed by atoms with Gasteiger partial charge >= 0.3 is 11.9 Å². The number of aromatic nitrogens is 2. The zero-order valence-corrected chi connectivity index (χ0v) is 20.7. The van der Waals surface area contributed by atoms with Crippen LogP contribution in [-0.4, -0.2) is 79.8 Å². The van der Waals surface area contributed by atoms with Crippen LogP contribution < -0.4 is 21.7 Å². The second-order valence-corrected chi connectivity index (χ2v) is 8.58. The van der Waals surface area contributed by atoms with E-state index >= 15 is 0 Å². The minimum absolute atomic E-state index is 0.0240. The number of amides is 3. The van der Waals surface area contributed by atoms with Gasteiger partial charge in [0.1, 0.15) is 18.1 Å². The molecule has 0 bridgehead atoms. The largest absolute Gasteiger partial charge is 0.481 e. The van der Waals surface area contributed by atoms with Gasteiger partial charge in [-0.25, -0.2) is 9.78 Å². The molecule has 200 valence electrons. The Labute approximate surface area is 218 Å². The van der Waals surface area contributed by atoms with Gasteiger partial charge in [0.2, 0.25) is 17.7 Å². The molecule has 4 atom stereocenters. The van der Waals surface area contributed by atoms with Crippen LogP contribution in [-0.2, 0) is 36.8 Å². The molecule has 2 rings (SSSR count). The van der Waals surface area contributed by atoms with E-state index in [-0.39, 0.29) is 31.4 Å². The minimum atomic E-state index is -1.26. The smallest absolute Gasteiger partial charge is 0.326 e. The first-order valence-electron chi connectivity index (χ1n) is 11.3. The highest BCUT2D eigenvalue weighted by atomic mass is 32.1. The number of thiol groups is 1. The summed E-state index contributed by atoms with van der Waals surface area (Å²) in [5.41, 5.74) is 6.89. The van der Waals surface area contributed by atoms with Gasteiger partial charge in [-0.05, 0) is 12.0 Å². The SMILES string of the molecule is NC(CCC(=O)O)C(=O)NC(CS)C(=O)NC(Cc1cnc[nH]1)C(=O)NC(Cc1ccccc1)C(=O)O. The molecule has 0 saturated heterocycles. The summed E-state index contributed by atoms with van der Waals surface area (Å²) in [4.78, 5) is 67.5. The third-order valence-corrected chi connectivity index (χ3v) is 5.70. The summed E-state index contributed by atoms with van der Waals surface area (Å²) in [6.07, 6.45) is 2.36. The van der Waals surface area contributed by atoms with Crippen molar-refractivity contribution in [1.82, 2.24) is 25.9 Å². The molecule has 4 unspecified atom stereocenters. The van der Waals surface area contributed by atoms with Crippen molar-refractivity contribution in [3.05, 3.63) is 54.1 Å². The Hall–Kier alpha value is -3.91. The Morgan fingerprint density at radius 1 is 0.919 bits per heavy atom. The second kappa shape index (κ2) is 14.6. The third kappa shape index (κ3) is 9.93. The number of carbonyl (C=O) groups is 5. The highest BCUT2D eigenvalue weighted by Gasteiger charge is 2.30. The monoisotopic (exact) mass is 534 g/mol. The first-order valence-corrected chi connectivity index (χ1v) is 12.0. The molecule has 0 aliphatic carbocycles. The highest BCUT2D eigenvalue weighted by molar-refractivity contribution is 7.80. The maximum Gasteiger partial charge on any atom is 0.326 e. The molecule has 0 aliphatic heterocycles. The van der Waals surface area contributed by atoms with E-state index in [1.807, 2.05) is 0 Å². The van der Waals surface area contributed by atoms with Crippen molar-refractivity contribution in [3.8, 4) is 0 Å². The number of nitrogens with one attached hydrogen (secondary N) is 4. The summed E-state index contributed by atoms with van der Waals surface area (Å²) >= 11 is 4.08. The molecule has 1 aromatic carbocycles. The number of hydrogen-bond acceptors (Lipinski definition) is 8. The number of benzene rings is 1. The molecule has 3 amide bonds. The van der Waals surface area contributed by atoms with Crippen LogP contribution in [0.15, 0.2) is 42.9 Å².